The second kappa shape index (κ2) is 8.42. The Hall–Kier alpha value is -1.88. The zero-order chi connectivity index (χ0) is 15.8. The largest absolute Gasteiger partial charge is 0.449 e. The topological polar surface area (TPSA) is 55.4 Å². The van der Waals surface area contributed by atoms with Gasteiger partial charge in [-0.1, -0.05) is 34.1 Å². The van der Waals surface area contributed by atoms with Gasteiger partial charge in [-0.25, -0.2) is 4.79 Å². The molecule has 4 nitrogen and oxygen atoms in total. The average molecular weight is 352 g/mol. The maximum absolute atomic E-state index is 11.7. The van der Waals surface area contributed by atoms with Gasteiger partial charge in [0.15, 0.2) is 6.10 Å². The summed E-state index contributed by atoms with van der Waals surface area (Å²) >= 11 is 3.42. The SMILES string of the molecule is C=CCNC(=O)[C@@H](C)OC(=O)/C=C/c1ccc(C)cc1Br. The second-order valence-electron chi connectivity index (χ2n) is 4.47. The van der Waals surface area contributed by atoms with Crippen LogP contribution in [-0.2, 0) is 14.3 Å². The highest BCUT2D eigenvalue weighted by Gasteiger charge is 2.15. The van der Waals surface area contributed by atoms with Gasteiger partial charge in [0.05, 0.1) is 0 Å². The molecule has 1 aromatic rings. The molecular weight excluding hydrogens is 334 g/mol. The minimum absolute atomic E-state index is 0.340. The summed E-state index contributed by atoms with van der Waals surface area (Å²) in [6, 6.07) is 5.79. The first-order chi connectivity index (χ1) is 9.93. The van der Waals surface area contributed by atoms with Crippen molar-refractivity contribution in [2.75, 3.05) is 6.54 Å². The van der Waals surface area contributed by atoms with Gasteiger partial charge in [0.1, 0.15) is 0 Å². The van der Waals surface area contributed by atoms with Gasteiger partial charge in [0, 0.05) is 17.1 Å². The molecular formula is C16H18BrNO3. The third kappa shape index (κ3) is 5.95. The number of rotatable bonds is 6. The van der Waals surface area contributed by atoms with E-state index < -0.39 is 12.1 Å². The van der Waals surface area contributed by atoms with Crippen molar-refractivity contribution in [2.45, 2.75) is 20.0 Å². The van der Waals surface area contributed by atoms with Crippen molar-refractivity contribution >= 4 is 33.9 Å². The summed E-state index contributed by atoms with van der Waals surface area (Å²) in [5.41, 5.74) is 1.98. The lowest BCUT2D eigenvalue weighted by molar-refractivity contribution is -0.150. The number of esters is 1. The molecule has 0 saturated carbocycles. The first-order valence-electron chi connectivity index (χ1n) is 6.47. The number of hydrogen-bond acceptors (Lipinski definition) is 3. The van der Waals surface area contributed by atoms with E-state index in [0.717, 1.165) is 15.6 Å². The van der Waals surface area contributed by atoms with Crippen LogP contribution in [0.15, 0.2) is 41.4 Å². The molecule has 1 aromatic carbocycles. The number of ether oxygens (including phenoxy) is 1. The standard InChI is InChI=1S/C16H18BrNO3/c1-4-9-18-16(20)12(3)21-15(19)8-7-13-6-5-11(2)10-14(13)17/h4-8,10,12H,1,9H2,2-3H3,(H,18,20)/b8-7+/t12-/m1/s1. The van der Waals surface area contributed by atoms with Gasteiger partial charge >= 0.3 is 5.97 Å². The van der Waals surface area contributed by atoms with Crippen molar-refractivity contribution in [3.8, 4) is 0 Å². The average Bonchev–Trinajstić information content (AvgIpc) is 2.43. The highest BCUT2D eigenvalue weighted by Crippen LogP contribution is 2.19. The minimum Gasteiger partial charge on any atom is -0.449 e. The van der Waals surface area contributed by atoms with E-state index in [2.05, 4.69) is 27.8 Å². The van der Waals surface area contributed by atoms with E-state index in [1.165, 1.54) is 13.0 Å². The fraction of sp³-hybridized carbons (Fsp3) is 0.250. The molecule has 0 aliphatic heterocycles. The van der Waals surface area contributed by atoms with Crippen LogP contribution in [0, 0.1) is 6.92 Å². The van der Waals surface area contributed by atoms with Gasteiger partial charge in [-0.15, -0.1) is 6.58 Å². The molecule has 0 unspecified atom stereocenters. The lowest BCUT2D eigenvalue weighted by Crippen LogP contribution is -2.35. The lowest BCUT2D eigenvalue weighted by Gasteiger charge is -2.11. The lowest BCUT2D eigenvalue weighted by atomic mass is 10.1. The maximum atomic E-state index is 11.7. The van der Waals surface area contributed by atoms with Crippen LogP contribution in [0.2, 0.25) is 0 Å². The molecule has 0 spiro atoms. The third-order valence-electron chi connectivity index (χ3n) is 2.64. The molecule has 0 aliphatic rings. The van der Waals surface area contributed by atoms with Crippen molar-refractivity contribution in [1.29, 1.82) is 0 Å². The highest BCUT2D eigenvalue weighted by atomic mass is 79.9. The summed E-state index contributed by atoms with van der Waals surface area (Å²) in [5, 5.41) is 2.56. The highest BCUT2D eigenvalue weighted by molar-refractivity contribution is 9.10. The fourth-order valence-electron chi connectivity index (χ4n) is 1.51. The van der Waals surface area contributed by atoms with E-state index in [9.17, 15) is 9.59 Å². The van der Waals surface area contributed by atoms with Gasteiger partial charge in [-0.3, -0.25) is 4.79 Å². The molecule has 1 atom stereocenters. The van der Waals surface area contributed by atoms with Gasteiger partial charge in [-0.2, -0.15) is 0 Å². The molecule has 0 aromatic heterocycles. The van der Waals surface area contributed by atoms with Crippen LogP contribution in [-0.4, -0.2) is 24.5 Å². The number of hydrogen-bond donors (Lipinski definition) is 1. The number of nitrogens with one attached hydrogen (secondary N) is 1. The summed E-state index contributed by atoms with van der Waals surface area (Å²) in [6.07, 6.45) is 3.65. The molecule has 21 heavy (non-hydrogen) atoms. The molecule has 1 amide bonds. The molecule has 0 radical (unpaired) electrons. The zero-order valence-electron chi connectivity index (χ0n) is 12.1. The predicted octanol–water partition coefficient (Wildman–Crippen LogP) is 3.00. The second-order valence-corrected chi connectivity index (χ2v) is 5.33. The number of benzene rings is 1. The number of halogens is 1. The van der Waals surface area contributed by atoms with Crippen LogP contribution in [0.25, 0.3) is 6.08 Å². The Bertz CT molecular complexity index is 567. The molecule has 1 N–H and O–H groups in total. The zero-order valence-corrected chi connectivity index (χ0v) is 13.6. The number of amides is 1. The van der Waals surface area contributed by atoms with E-state index in [0.29, 0.717) is 6.54 Å². The summed E-state index contributed by atoms with van der Waals surface area (Å²) < 4.78 is 5.90. The van der Waals surface area contributed by atoms with Crippen LogP contribution < -0.4 is 5.32 Å². The van der Waals surface area contributed by atoms with Crippen molar-refractivity contribution in [1.82, 2.24) is 5.32 Å². The Morgan fingerprint density at radius 3 is 2.81 bits per heavy atom. The Labute approximate surface area is 133 Å². The van der Waals surface area contributed by atoms with E-state index >= 15 is 0 Å². The van der Waals surface area contributed by atoms with E-state index in [-0.39, 0.29) is 5.91 Å². The van der Waals surface area contributed by atoms with Crippen molar-refractivity contribution in [2.24, 2.45) is 0 Å². The van der Waals surface area contributed by atoms with Crippen molar-refractivity contribution in [3.05, 3.63) is 52.5 Å². The van der Waals surface area contributed by atoms with Crippen LogP contribution in [0.5, 0.6) is 0 Å². The third-order valence-corrected chi connectivity index (χ3v) is 3.32. The van der Waals surface area contributed by atoms with Crippen LogP contribution in [0.4, 0.5) is 0 Å². The minimum atomic E-state index is -0.844. The molecule has 0 saturated heterocycles. The monoisotopic (exact) mass is 351 g/mol. The van der Waals surface area contributed by atoms with E-state index in [4.69, 9.17) is 4.74 Å². The first-order valence-corrected chi connectivity index (χ1v) is 7.26. The molecule has 1 rings (SSSR count). The molecule has 0 fully saturated rings. The summed E-state index contributed by atoms with van der Waals surface area (Å²) in [6.45, 7) is 7.33. The summed E-state index contributed by atoms with van der Waals surface area (Å²) in [4.78, 5) is 23.2. The van der Waals surface area contributed by atoms with Gasteiger partial charge < -0.3 is 10.1 Å². The molecule has 0 heterocycles. The Morgan fingerprint density at radius 2 is 2.19 bits per heavy atom. The molecule has 5 heteroatoms. The van der Waals surface area contributed by atoms with Crippen LogP contribution in [0.3, 0.4) is 0 Å². The van der Waals surface area contributed by atoms with Gasteiger partial charge in [0.2, 0.25) is 0 Å². The normalized spacial score (nSPS) is 12.0. The number of carbonyl (C=O) groups is 2. The van der Waals surface area contributed by atoms with E-state index in [1.54, 1.807) is 12.2 Å². The van der Waals surface area contributed by atoms with Crippen LogP contribution >= 0.6 is 15.9 Å². The van der Waals surface area contributed by atoms with Crippen molar-refractivity contribution in [3.63, 3.8) is 0 Å². The predicted molar refractivity (Wildman–Crippen MR) is 86.7 cm³/mol. The van der Waals surface area contributed by atoms with Crippen LogP contribution in [0.1, 0.15) is 18.1 Å². The quantitative estimate of drug-likeness (QED) is 0.487. The smallest absolute Gasteiger partial charge is 0.331 e. The Kier molecular flexibility index (Phi) is 6.88. The van der Waals surface area contributed by atoms with E-state index in [1.807, 2.05) is 25.1 Å². The van der Waals surface area contributed by atoms with Gasteiger partial charge in [0.25, 0.3) is 5.91 Å². The van der Waals surface area contributed by atoms with Crippen molar-refractivity contribution < 1.29 is 14.3 Å². The molecule has 0 aliphatic carbocycles. The number of aryl methyl sites for hydroxylation is 1. The summed E-state index contributed by atoms with van der Waals surface area (Å²) in [5.74, 6) is -0.920. The first kappa shape index (κ1) is 17.2. The number of carbonyl (C=O) groups excluding carboxylic acids is 2. The maximum Gasteiger partial charge on any atom is 0.331 e. The Morgan fingerprint density at radius 1 is 1.48 bits per heavy atom. The fourth-order valence-corrected chi connectivity index (χ4v) is 2.13. The Balaban J connectivity index is 2.58. The molecule has 112 valence electrons. The summed E-state index contributed by atoms with van der Waals surface area (Å²) in [7, 11) is 0. The molecule has 0 bridgehead atoms. The van der Waals surface area contributed by atoms with Gasteiger partial charge in [-0.05, 0) is 37.1 Å².